The van der Waals surface area contributed by atoms with Gasteiger partial charge in [0.2, 0.25) is 0 Å². The number of aryl methyl sites for hydroxylation is 4. The number of nitrogens with zero attached hydrogens (tertiary/aromatic N) is 4. The van der Waals surface area contributed by atoms with Crippen LogP contribution in [0.5, 0.6) is 0 Å². The quantitative estimate of drug-likeness (QED) is 0.125. The van der Waals surface area contributed by atoms with Gasteiger partial charge < -0.3 is 9.13 Å². The van der Waals surface area contributed by atoms with Crippen LogP contribution in [0.2, 0.25) is 0 Å². The van der Waals surface area contributed by atoms with E-state index in [0.29, 0.717) is 0 Å². The predicted octanol–water partition coefficient (Wildman–Crippen LogP) is 12.4. The number of fused-ring (bicyclic) bond motifs is 8. The van der Waals surface area contributed by atoms with Gasteiger partial charge in [-0.2, -0.15) is 0 Å². The molecule has 0 amide bonds. The lowest BCUT2D eigenvalue weighted by Crippen LogP contribution is -2.16. The molecule has 0 saturated heterocycles. The van der Waals surface area contributed by atoms with Crippen molar-refractivity contribution in [1.82, 2.24) is 14.1 Å². The normalized spacial score (nSPS) is 13.7. The fourth-order valence-electron chi connectivity index (χ4n) is 9.67. The summed E-state index contributed by atoms with van der Waals surface area (Å²) < 4.78 is 5.04. The van der Waals surface area contributed by atoms with Crippen LogP contribution in [-0.4, -0.2) is 20.3 Å². The SMILES string of the molecule is C=C/C=C(\N=CC)c1ccc2c(c1)c1cc3c4c(c1n2-c1ccccc1)CCc1c-4c(cc2c4cc(-c5ccccn5)ccc4n(-c4ccccc4)c12)CC3. The number of benzene rings is 6. The second-order valence-electron chi connectivity index (χ2n) is 14.8. The van der Waals surface area contributed by atoms with Crippen LogP contribution in [0.4, 0.5) is 0 Å². The van der Waals surface area contributed by atoms with E-state index in [1.54, 1.807) is 0 Å². The first-order valence-electron chi connectivity index (χ1n) is 19.3. The van der Waals surface area contributed by atoms with E-state index in [2.05, 4.69) is 137 Å². The standard InChI is InChI=1S/C51H38N4/c1-3-13-44(52-4-2)32-21-25-46-40(28-32)42-30-34-19-20-35-31-43-41-29-33(45-18-11-12-27-53-45)22-26-47(41)55(37-16-9-6-10-17-37)51(43)39-24-23-38(48(34)49(35)39)50(42)54(46)36-14-7-5-8-15-36/h3-18,21-22,25-31H,1,19-20,23-24H2,2H3/b44-13-,52-4?. The molecule has 0 N–H and O–H groups in total. The molecule has 55 heavy (non-hydrogen) atoms. The van der Waals surface area contributed by atoms with Crippen molar-refractivity contribution in [3.8, 4) is 33.8 Å². The molecule has 0 unspecified atom stereocenters. The van der Waals surface area contributed by atoms with Crippen molar-refractivity contribution in [2.45, 2.75) is 32.6 Å². The lowest BCUT2D eigenvalue weighted by Gasteiger charge is -2.31. The number of para-hydroxylation sites is 2. The summed E-state index contributed by atoms with van der Waals surface area (Å²) in [5, 5.41) is 5.20. The van der Waals surface area contributed by atoms with Gasteiger partial charge in [-0.05, 0) is 145 Å². The highest BCUT2D eigenvalue weighted by atomic mass is 15.0. The van der Waals surface area contributed by atoms with Gasteiger partial charge >= 0.3 is 0 Å². The molecule has 0 fully saturated rings. The van der Waals surface area contributed by atoms with Crippen LogP contribution in [0, 0.1) is 0 Å². The molecular weight excluding hydrogens is 669 g/mol. The molecular formula is C51H38N4. The Balaban J connectivity index is 1.23. The third-order valence-corrected chi connectivity index (χ3v) is 11.8. The van der Waals surface area contributed by atoms with Crippen LogP contribution >= 0.6 is 0 Å². The fraction of sp³-hybridized carbons (Fsp3) is 0.0980. The number of hydrogen-bond donors (Lipinski definition) is 0. The molecule has 0 bridgehead atoms. The van der Waals surface area contributed by atoms with Gasteiger partial charge in [0.05, 0.1) is 33.5 Å². The summed E-state index contributed by atoms with van der Waals surface area (Å²) in [7, 11) is 0. The van der Waals surface area contributed by atoms with Gasteiger partial charge in [-0.3, -0.25) is 9.98 Å². The molecule has 11 rings (SSSR count). The Bertz CT molecular complexity index is 3090. The Kier molecular flexibility index (Phi) is 7.15. The number of pyridine rings is 1. The molecule has 9 aromatic rings. The molecule has 262 valence electrons. The van der Waals surface area contributed by atoms with E-state index in [-0.39, 0.29) is 0 Å². The Labute approximate surface area is 320 Å². The largest absolute Gasteiger partial charge is 0.309 e. The van der Waals surface area contributed by atoms with Crippen LogP contribution in [0.15, 0.2) is 157 Å². The van der Waals surface area contributed by atoms with Crippen molar-refractivity contribution in [1.29, 1.82) is 0 Å². The molecule has 6 aromatic carbocycles. The lowest BCUT2D eigenvalue weighted by atomic mass is 9.74. The van der Waals surface area contributed by atoms with E-state index in [1.165, 1.54) is 88.4 Å². The van der Waals surface area contributed by atoms with E-state index in [4.69, 9.17) is 9.98 Å². The highest BCUT2D eigenvalue weighted by Gasteiger charge is 2.33. The topological polar surface area (TPSA) is 35.1 Å². The molecule has 0 saturated carbocycles. The average molecular weight is 707 g/mol. The number of aliphatic imine (C=N–C) groups is 1. The minimum absolute atomic E-state index is 0.919. The van der Waals surface area contributed by atoms with Crippen molar-refractivity contribution in [2.24, 2.45) is 4.99 Å². The van der Waals surface area contributed by atoms with Crippen molar-refractivity contribution in [3.63, 3.8) is 0 Å². The minimum Gasteiger partial charge on any atom is -0.309 e. The summed E-state index contributed by atoms with van der Waals surface area (Å²) in [6.07, 6.45) is 11.5. The minimum atomic E-state index is 0.919. The first-order valence-corrected chi connectivity index (χ1v) is 19.3. The highest BCUT2D eigenvalue weighted by molar-refractivity contribution is 6.16. The number of allylic oxidation sites excluding steroid dienone is 2. The van der Waals surface area contributed by atoms with E-state index in [9.17, 15) is 0 Å². The van der Waals surface area contributed by atoms with E-state index >= 15 is 0 Å². The van der Waals surface area contributed by atoms with Crippen LogP contribution in [0.3, 0.4) is 0 Å². The van der Waals surface area contributed by atoms with Crippen molar-refractivity contribution in [3.05, 3.63) is 180 Å². The first kappa shape index (κ1) is 31.7. The summed E-state index contributed by atoms with van der Waals surface area (Å²) in [6, 6.07) is 46.7. The van der Waals surface area contributed by atoms with Gasteiger partial charge in [0.15, 0.2) is 0 Å². The first-order chi connectivity index (χ1) is 27.2. The van der Waals surface area contributed by atoms with Gasteiger partial charge in [0, 0.05) is 56.5 Å². The average Bonchev–Trinajstić information content (AvgIpc) is 3.75. The van der Waals surface area contributed by atoms with Crippen molar-refractivity contribution >= 4 is 55.5 Å². The molecule has 0 radical (unpaired) electrons. The molecule has 4 heteroatoms. The summed E-state index contributed by atoms with van der Waals surface area (Å²) in [4.78, 5) is 9.43. The highest BCUT2D eigenvalue weighted by Crippen LogP contribution is 2.51. The third kappa shape index (κ3) is 4.71. The summed E-state index contributed by atoms with van der Waals surface area (Å²) >= 11 is 0. The molecule has 2 aliphatic rings. The van der Waals surface area contributed by atoms with Gasteiger partial charge in [0.25, 0.3) is 0 Å². The Morgan fingerprint density at radius 3 is 1.76 bits per heavy atom. The zero-order chi connectivity index (χ0) is 36.6. The van der Waals surface area contributed by atoms with Crippen LogP contribution in [0.1, 0.15) is 34.7 Å². The molecule has 3 heterocycles. The predicted molar refractivity (Wildman–Crippen MR) is 231 cm³/mol. The zero-order valence-corrected chi connectivity index (χ0v) is 30.8. The van der Waals surface area contributed by atoms with Gasteiger partial charge in [-0.15, -0.1) is 0 Å². The molecule has 2 aliphatic carbocycles. The molecule has 4 nitrogen and oxygen atoms in total. The summed E-state index contributed by atoms with van der Waals surface area (Å²) in [5.41, 5.74) is 20.4. The van der Waals surface area contributed by atoms with Gasteiger partial charge in [-0.25, -0.2) is 0 Å². The third-order valence-electron chi connectivity index (χ3n) is 11.8. The second-order valence-corrected chi connectivity index (χ2v) is 14.8. The maximum atomic E-state index is 4.72. The van der Waals surface area contributed by atoms with Crippen molar-refractivity contribution in [2.75, 3.05) is 0 Å². The van der Waals surface area contributed by atoms with Gasteiger partial charge in [-0.1, -0.05) is 67.3 Å². The van der Waals surface area contributed by atoms with Crippen LogP contribution < -0.4 is 0 Å². The molecule has 3 aromatic heterocycles. The molecule has 0 spiro atoms. The fourth-order valence-corrected chi connectivity index (χ4v) is 9.67. The zero-order valence-electron chi connectivity index (χ0n) is 30.8. The monoisotopic (exact) mass is 706 g/mol. The van der Waals surface area contributed by atoms with Crippen molar-refractivity contribution < 1.29 is 0 Å². The van der Waals surface area contributed by atoms with E-state index < -0.39 is 0 Å². The van der Waals surface area contributed by atoms with Crippen LogP contribution in [0.25, 0.3) is 83.1 Å². The Hall–Kier alpha value is -6.78. The number of aromatic nitrogens is 3. The van der Waals surface area contributed by atoms with Gasteiger partial charge in [0.1, 0.15) is 0 Å². The number of rotatable bonds is 6. The summed E-state index contributed by atoms with van der Waals surface area (Å²) in [6.45, 7) is 5.94. The van der Waals surface area contributed by atoms with E-state index in [1.807, 2.05) is 37.6 Å². The maximum Gasteiger partial charge on any atom is 0.0702 e. The Morgan fingerprint density at radius 1 is 0.618 bits per heavy atom. The second kappa shape index (κ2) is 12.4. The maximum absolute atomic E-state index is 4.72. The molecule has 0 aliphatic heterocycles. The Morgan fingerprint density at radius 2 is 1.20 bits per heavy atom. The smallest absolute Gasteiger partial charge is 0.0702 e. The lowest BCUT2D eigenvalue weighted by molar-refractivity contribution is 0.883. The molecule has 0 atom stereocenters. The number of hydrogen-bond acceptors (Lipinski definition) is 2. The van der Waals surface area contributed by atoms with Crippen LogP contribution in [-0.2, 0) is 25.7 Å². The summed E-state index contributed by atoms with van der Waals surface area (Å²) in [5.74, 6) is 0. The van der Waals surface area contributed by atoms with E-state index in [0.717, 1.165) is 48.2 Å².